The molecule has 0 saturated carbocycles. The summed E-state index contributed by atoms with van der Waals surface area (Å²) >= 11 is 0. The zero-order valence-electron chi connectivity index (χ0n) is 11.4. The Labute approximate surface area is 114 Å². The number of piperidine rings is 1. The van der Waals surface area contributed by atoms with Crippen molar-refractivity contribution in [2.45, 2.75) is 31.9 Å². The van der Waals surface area contributed by atoms with E-state index in [0.29, 0.717) is 6.61 Å². The van der Waals surface area contributed by atoms with Crippen LogP contribution in [0.3, 0.4) is 0 Å². The monoisotopic (exact) mass is 262 g/mol. The van der Waals surface area contributed by atoms with Gasteiger partial charge in [0.1, 0.15) is 0 Å². The van der Waals surface area contributed by atoms with E-state index in [2.05, 4.69) is 10.6 Å². The maximum Gasteiger partial charge on any atom is 0.254 e. The van der Waals surface area contributed by atoms with Gasteiger partial charge in [0.05, 0.1) is 0 Å². The zero-order valence-corrected chi connectivity index (χ0v) is 11.4. The first-order valence-electron chi connectivity index (χ1n) is 6.99. The van der Waals surface area contributed by atoms with Crippen molar-refractivity contribution in [3.63, 3.8) is 0 Å². The van der Waals surface area contributed by atoms with E-state index in [9.17, 15) is 4.79 Å². The zero-order chi connectivity index (χ0) is 13.5. The standard InChI is InChI=1S/C15H22N2O2/c1-2-19-14(12-7-4-3-5-8-12)15(18)17-13-9-6-10-16-11-13/h3-5,7-8,13-14,16H,2,6,9-11H2,1H3,(H,17,18). The first-order chi connectivity index (χ1) is 9.31. The van der Waals surface area contributed by atoms with Crippen LogP contribution in [-0.2, 0) is 9.53 Å². The van der Waals surface area contributed by atoms with Crippen LogP contribution in [-0.4, -0.2) is 31.6 Å². The van der Waals surface area contributed by atoms with E-state index in [1.165, 1.54) is 0 Å². The number of amides is 1. The largest absolute Gasteiger partial charge is 0.364 e. The van der Waals surface area contributed by atoms with Gasteiger partial charge in [0, 0.05) is 19.2 Å². The third kappa shape index (κ3) is 4.04. The number of hydrogen-bond donors (Lipinski definition) is 2. The molecule has 0 bridgehead atoms. The molecule has 1 fully saturated rings. The quantitative estimate of drug-likeness (QED) is 0.848. The minimum Gasteiger partial charge on any atom is -0.364 e. The van der Waals surface area contributed by atoms with Gasteiger partial charge in [-0.25, -0.2) is 0 Å². The maximum absolute atomic E-state index is 12.3. The smallest absolute Gasteiger partial charge is 0.254 e. The second-order valence-electron chi connectivity index (χ2n) is 4.80. The van der Waals surface area contributed by atoms with Gasteiger partial charge >= 0.3 is 0 Å². The van der Waals surface area contributed by atoms with E-state index in [1.54, 1.807) is 0 Å². The molecule has 4 heteroatoms. The highest BCUT2D eigenvalue weighted by Crippen LogP contribution is 2.18. The molecule has 1 aliphatic heterocycles. The van der Waals surface area contributed by atoms with Gasteiger partial charge in [-0.05, 0) is 31.9 Å². The molecule has 1 aliphatic rings. The molecule has 0 aromatic heterocycles. The topological polar surface area (TPSA) is 50.4 Å². The van der Waals surface area contributed by atoms with Crippen molar-refractivity contribution in [1.82, 2.24) is 10.6 Å². The number of benzene rings is 1. The number of carbonyl (C=O) groups is 1. The summed E-state index contributed by atoms with van der Waals surface area (Å²) in [7, 11) is 0. The third-order valence-electron chi connectivity index (χ3n) is 3.32. The average molecular weight is 262 g/mol. The van der Waals surface area contributed by atoms with E-state index < -0.39 is 6.10 Å². The summed E-state index contributed by atoms with van der Waals surface area (Å²) in [6.45, 7) is 4.32. The van der Waals surface area contributed by atoms with E-state index in [0.717, 1.165) is 31.5 Å². The molecule has 2 N–H and O–H groups in total. The summed E-state index contributed by atoms with van der Waals surface area (Å²) in [6.07, 6.45) is 1.63. The van der Waals surface area contributed by atoms with Gasteiger partial charge in [-0.3, -0.25) is 4.79 Å². The van der Waals surface area contributed by atoms with Gasteiger partial charge in [0.2, 0.25) is 0 Å². The number of nitrogens with one attached hydrogen (secondary N) is 2. The average Bonchev–Trinajstić information content (AvgIpc) is 2.46. The second-order valence-corrected chi connectivity index (χ2v) is 4.80. The van der Waals surface area contributed by atoms with Crippen LogP contribution in [0.15, 0.2) is 30.3 Å². The minimum atomic E-state index is -0.506. The Balaban J connectivity index is 1.99. The summed E-state index contributed by atoms with van der Waals surface area (Å²) < 4.78 is 5.60. The lowest BCUT2D eigenvalue weighted by Crippen LogP contribution is -2.47. The Bertz CT molecular complexity index is 388. The predicted octanol–water partition coefficient (Wildman–Crippen LogP) is 1.63. The van der Waals surface area contributed by atoms with Crippen LogP contribution in [0, 0.1) is 0 Å². The van der Waals surface area contributed by atoms with Gasteiger partial charge in [0.15, 0.2) is 6.10 Å². The summed E-state index contributed by atoms with van der Waals surface area (Å²) in [6, 6.07) is 9.87. The van der Waals surface area contributed by atoms with E-state index in [4.69, 9.17) is 4.74 Å². The molecule has 0 radical (unpaired) electrons. The molecule has 19 heavy (non-hydrogen) atoms. The number of rotatable bonds is 5. The Morgan fingerprint density at radius 1 is 1.47 bits per heavy atom. The lowest BCUT2D eigenvalue weighted by atomic mass is 10.1. The van der Waals surface area contributed by atoms with E-state index in [1.807, 2.05) is 37.3 Å². The number of ether oxygens (including phenoxy) is 1. The molecule has 1 saturated heterocycles. The Hall–Kier alpha value is -1.39. The molecule has 104 valence electrons. The molecule has 1 heterocycles. The summed E-state index contributed by atoms with van der Waals surface area (Å²) in [4.78, 5) is 12.3. The van der Waals surface area contributed by atoms with Crippen LogP contribution >= 0.6 is 0 Å². The second kappa shape index (κ2) is 7.26. The fourth-order valence-corrected chi connectivity index (χ4v) is 2.37. The Kier molecular flexibility index (Phi) is 5.36. The Morgan fingerprint density at radius 2 is 2.26 bits per heavy atom. The van der Waals surface area contributed by atoms with Crippen LogP contribution in [0.1, 0.15) is 31.4 Å². The van der Waals surface area contributed by atoms with Gasteiger partial charge in [0.25, 0.3) is 5.91 Å². The molecular formula is C15H22N2O2. The number of carbonyl (C=O) groups excluding carboxylic acids is 1. The van der Waals surface area contributed by atoms with Gasteiger partial charge < -0.3 is 15.4 Å². The molecule has 1 aromatic rings. The van der Waals surface area contributed by atoms with Crippen LogP contribution in [0.2, 0.25) is 0 Å². The summed E-state index contributed by atoms with van der Waals surface area (Å²) in [5.74, 6) is -0.0400. The maximum atomic E-state index is 12.3. The predicted molar refractivity (Wildman–Crippen MR) is 74.8 cm³/mol. The van der Waals surface area contributed by atoms with Crippen LogP contribution in [0.5, 0.6) is 0 Å². The molecule has 2 unspecified atom stereocenters. The summed E-state index contributed by atoms with van der Waals surface area (Å²) in [5.41, 5.74) is 0.908. The highest BCUT2D eigenvalue weighted by molar-refractivity contribution is 5.82. The van der Waals surface area contributed by atoms with Crippen molar-refractivity contribution in [2.24, 2.45) is 0 Å². The summed E-state index contributed by atoms with van der Waals surface area (Å²) in [5, 5.41) is 6.37. The highest BCUT2D eigenvalue weighted by Gasteiger charge is 2.24. The van der Waals surface area contributed by atoms with Crippen LogP contribution in [0.25, 0.3) is 0 Å². The van der Waals surface area contributed by atoms with E-state index in [-0.39, 0.29) is 11.9 Å². The first-order valence-corrected chi connectivity index (χ1v) is 6.99. The molecule has 1 amide bonds. The van der Waals surface area contributed by atoms with Gasteiger partial charge in [-0.15, -0.1) is 0 Å². The Morgan fingerprint density at radius 3 is 2.89 bits per heavy atom. The van der Waals surface area contributed by atoms with Crippen molar-refractivity contribution in [2.75, 3.05) is 19.7 Å². The van der Waals surface area contributed by atoms with Crippen molar-refractivity contribution in [1.29, 1.82) is 0 Å². The van der Waals surface area contributed by atoms with Crippen molar-refractivity contribution in [3.05, 3.63) is 35.9 Å². The fraction of sp³-hybridized carbons (Fsp3) is 0.533. The van der Waals surface area contributed by atoms with Crippen molar-refractivity contribution in [3.8, 4) is 0 Å². The normalized spacial score (nSPS) is 20.8. The molecule has 4 nitrogen and oxygen atoms in total. The van der Waals surface area contributed by atoms with Crippen LogP contribution in [0.4, 0.5) is 0 Å². The molecule has 2 rings (SSSR count). The SMILES string of the molecule is CCOC(C(=O)NC1CCCNC1)c1ccccc1. The number of hydrogen-bond acceptors (Lipinski definition) is 3. The van der Waals surface area contributed by atoms with E-state index >= 15 is 0 Å². The van der Waals surface area contributed by atoms with Crippen molar-refractivity contribution < 1.29 is 9.53 Å². The highest BCUT2D eigenvalue weighted by atomic mass is 16.5. The lowest BCUT2D eigenvalue weighted by Gasteiger charge is -2.26. The van der Waals surface area contributed by atoms with Gasteiger partial charge in [-0.2, -0.15) is 0 Å². The molecule has 1 aromatic carbocycles. The van der Waals surface area contributed by atoms with Crippen molar-refractivity contribution >= 4 is 5.91 Å². The van der Waals surface area contributed by atoms with Crippen LogP contribution < -0.4 is 10.6 Å². The lowest BCUT2D eigenvalue weighted by molar-refractivity contribution is -0.133. The van der Waals surface area contributed by atoms with Gasteiger partial charge in [-0.1, -0.05) is 30.3 Å². The molecular weight excluding hydrogens is 240 g/mol. The third-order valence-corrected chi connectivity index (χ3v) is 3.32. The molecule has 2 atom stereocenters. The first kappa shape index (κ1) is 14.0. The molecule has 0 aliphatic carbocycles. The fourth-order valence-electron chi connectivity index (χ4n) is 2.37. The molecule has 0 spiro atoms. The minimum absolute atomic E-state index is 0.0400.